The Balaban J connectivity index is 2.12. The average molecular weight is 372 g/mol. The van der Waals surface area contributed by atoms with Gasteiger partial charge in [-0.05, 0) is 56.2 Å². The molecule has 144 valence electrons. The molecule has 2 aromatic carbocycles. The summed E-state index contributed by atoms with van der Waals surface area (Å²) in [4.78, 5) is 23.9. The van der Waals surface area contributed by atoms with E-state index in [-0.39, 0.29) is 17.6 Å². The number of halogens is 1. The van der Waals surface area contributed by atoms with Crippen molar-refractivity contribution < 1.29 is 18.7 Å². The standard InChI is InChI=1S/C21H25FN2O3/c1-21(2,12-11-19(25)23-3)24-20(26)15-7-5-14(6-8-15)17-13-16(22)9-10-18(17)27-4/h5-10,13H,11-12H2,1-4H3,(H,23,25)(H,24,26). The zero-order valence-electron chi connectivity index (χ0n) is 16.1. The lowest BCUT2D eigenvalue weighted by molar-refractivity contribution is -0.121. The molecule has 0 atom stereocenters. The zero-order valence-corrected chi connectivity index (χ0v) is 16.1. The molecule has 6 heteroatoms. The van der Waals surface area contributed by atoms with Gasteiger partial charge in [-0.15, -0.1) is 0 Å². The van der Waals surface area contributed by atoms with E-state index in [0.717, 1.165) is 5.56 Å². The van der Waals surface area contributed by atoms with E-state index in [1.165, 1.54) is 19.2 Å². The number of carbonyl (C=O) groups excluding carboxylic acids is 2. The second-order valence-electron chi connectivity index (χ2n) is 6.93. The quantitative estimate of drug-likeness (QED) is 0.781. The first-order valence-electron chi connectivity index (χ1n) is 8.73. The summed E-state index contributed by atoms with van der Waals surface area (Å²) in [7, 11) is 3.11. The lowest BCUT2D eigenvalue weighted by atomic mass is 9.97. The van der Waals surface area contributed by atoms with Crippen LogP contribution in [0.15, 0.2) is 42.5 Å². The molecule has 0 saturated carbocycles. The Labute approximate surface area is 158 Å². The summed E-state index contributed by atoms with van der Waals surface area (Å²) in [6.45, 7) is 3.75. The summed E-state index contributed by atoms with van der Waals surface area (Å²) >= 11 is 0. The molecule has 2 amide bonds. The number of rotatable bonds is 7. The number of benzene rings is 2. The Morgan fingerprint density at radius 3 is 2.37 bits per heavy atom. The molecule has 0 aliphatic rings. The van der Waals surface area contributed by atoms with E-state index in [2.05, 4.69) is 10.6 Å². The average Bonchev–Trinajstić information content (AvgIpc) is 2.65. The Hall–Kier alpha value is -2.89. The highest BCUT2D eigenvalue weighted by molar-refractivity contribution is 5.95. The fraction of sp³-hybridized carbons (Fsp3) is 0.333. The number of amides is 2. The van der Waals surface area contributed by atoms with Gasteiger partial charge in [0.15, 0.2) is 0 Å². The normalized spacial score (nSPS) is 11.0. The number of hydrogen-bond acceptors (Lipinski definition) is 3. The summed E-state index contributed by atoms with van der Waals surface area (Å²) in [6, 6.07) is 11.2. The fourth-order valence-electron chi connectivity index (χ4n) is 2.70. The summed E-state index contributed by atoms with van der Waals surface area (Å²) in [5, 5.41) is 5.51. The molecule has 0 heterocycles. The topological polar surface area (TPSA) is 67.4 Å². The van der Waals surface area contributed by atoms with Crippen LogP contribution in [0.2, 0.25) is 0 Å². The first-order valence-corrected chi connectivity index (χ1v) is 8.73. The van der Waals surface area contributed by atoms with Gasteiger partial charge in [-0.1, -0.05) is 12.1 Å². The highest BCUT2D eigenvalue weighted by Crippen LogP contribution is 2.30. The van der Waals surface area contributed by atoms with Crippen molar-refractivity contribution in [1.82, 2.24) is 10.6 Å². The maximum absolute atomic E-state index is 13.6. The molecule has 5 nitrogen and oxygen atoms in total. The van der Waals surface area contributed by atoms with Gasteiger partial charge in [-0.3, -0.25) is 9.59 Å². The molecule has 0 spiro atoms. The molecule has 27 heavy (non-hydrogen) atoms. The fourth-order valence-corrected chi connectivity index (χ4v) is 2.70. The van der Waals surface area contributed by atoms with Crippen molar-refractivity contribution in [2.24, 2.45) is 0 Å². The zero-order chi connectivity index (χ0) is 20.0. The Morgan fingerprint density at radius 2 is 1.78 bits per heavy atom. The lowest BCUT2D eigenvalue weighted by Crippen LogP contribution is -2.44. The number of hydrogen-bond donors (Lipinski definition) is 2. The van der Waals surface area contributed by atoms with Crippen molar-refractivity contribution in [3.05, 3.63) is 53.8 Å². The predicted octanol–water partition coefficient (Wildman–Crippen LogP) is 3.54. The largest absolute Gasteiger partial charge is 0.496 e. The summed E-state index contributed by atoms with van der Waals surface area (Å²) < 4.78 is 18.8. The van der Waals surface area contributed by atoms with Gasteiger partial charge in [0.1, 0.15) is 11.6 Å². The number of carbonyl (C=O) groups is 2. The van der Waals surface area contributed by atoms with Crippen LogP contribution in [0.5, 0.6) is 5.75 Å². The predicted molar refractivity (Wildman–Crippen MR) is 103 cm³/mol. The van der Waals surface area contributed by atoms with E-state index in [4.69, 9.17) is 4.74 Å². The Kier molecular flexibility index (Phi) is 6.55. The van der Waals surface area contributed by atoms with E-state index in [9.17, 15) is 14.0 Å². The van der Waals surface area contributed by atoms with E-state index < -0.39 is 5.54 Å². The van der Waals surface area contributed by atoms with Gasteiger partial charge in [0.05, 0.1) is 7.11 Å². The second-order valence-corrected chi connectivity index (χ2v) is 6.93. The molecule has 2 N–H and O–H groups in total. The van der Waals surface area contributed by atoms with Crippen LogP contribution >= 0.6 is 0 Å². The van der Waals surface area contributed by atoms with Crippen LogP contribution in [0.25, 0.3) is 11.1 Å². The van der Waals surface area contributed by atoms with Crippen LogP contribution in [0.3, 0.4) is 0 Å². The first-order chi connectivity index (χ1) is 12.8. The molecule has 0 aromatic heterocycles. The molecular weight excluding hydrogens is 347 g/mol. The molecule has 2 aromatic rings. The molecular formula is C21H25FN2O3. The van der Waals surface area contributed by atoms with Crippen molar-refractivity contribution in [2.45, 2.75) is 32.2 Å². The van der Waals surface area contributed by atoms with Crippen molar-refractivity contribution >= 4 is 11.8 Å². The van der Waals surface area contributed by atoms with Crippen LogP contribution < -0.4 is 15.4 Å². The van der Waals surface area contributed by atoms with Gasteiger partial charge in [0.2, 0.25) is 5.91 Å². The van der Waals surface area contributed by atoms with Gasteiger partial charge in [-0.25, -0.2) is 4.39 Å². The van der Waals surface area contributed by atoms with Crippen molar-refractivity contribution in [3.8, 4) is 16.9 Å². The molecule has 0 fully saturated rings. The SMILES string of the molecule is CNC(=O)CCC(C)(C)NC(=O)c1ccc(-c2cc(F)ccc2OC)cc1. The molecule has 0 saturated heterocycles. The van der Waals surface area contributed by atoms with E-state index in [0.29, 0.717) is 29.7 Å². The van der Waals surface area contributed by atoms with Crippen molar-refractivity contribution in [2.75, 3.05) is 14.2 Å². The highest BCUT2D eigenvalue weighted by Gasteiger charge is 2.22. The lowest BCUT2D eigenvalue weighted by Gasteiger charge is -2.26. The first kappa shape index (κ1) is 20.4. The smallest absolute Gasteiger partial charge is 0.251 e. The maximum Gasteiger partial charge on any atom is 0.251 e. The summed E-state index contributed by atoms with van der Waals surface area (Å²) in [6.07, 6.45) is 0.860. The number of nitrogens with one attached hydrogen (secondary N) is 2. The molecule has 2 rings (SSSR count). The van der Waals surface area contributed by atoms with Gasteiger partial charge >= 0.3 is 0 Å². The Bertz CT molecular complexity index is 817. The minimum absolute atomic E-state index is 0.0642. The van der Waals surface area contributed by atoms with Gasteiger partial charge in [0, 0.05) is 30.1 Å². The van der Waals surface area contributed by atoms with E-state index in [1.807, 2.05) is 13.8 Å². The van der Waals surface area contributed by atoms with Crippen molar-refractivity contribution in [1.29, 1.82) is 0 Å². The monoisotopic (exact) mass is 372 g/mol. The van der Waals surface area contributed by atoms with Crippen molar-refractivity contribution in [3.63, 3.8) is 0 Å². The van der Waals surface area contributed by atoms with Gasteiger partial charge in [-0.2, -0.15) is 0 Å². The van der Waals surface area contributed by atoms with Crippen LogP contribution in [0.1, 0.15) is 37.0 Å². The van der Waals surface area contributed by atoms with Crippen LogP contribution in [-0.2, 0) is 4.79 Å². The number of ether oxygens (including phenoxy) is 1. The molecule has 0 bridgehead atoms. The summed E-state index contributed by atoms with van der Waals surface area (Å²) in [5.74, 6) is -0.0881. The third kappa shape index (κ3) is 5.54. The summed E-state index contributed by atoms with van der Waals surface area (Å²) in [5.41, 5.74) is 1.34. The number of methoxy groups -OCH3 is 1. The molecule has 0 aliphatic carbocycles. The molecule has 0 aliphatic heterocycles. The molecule has 0 unspecified atom stereocenters. The maximum atomic E-state index is 13.6. The third-order valence-electron chi connectivity index (χ3n) is 4.33. The van der Waals surface area contributed by atoms with Gasteiger partial charge < -0.3 is 15.4 Å². The molecule has 0 radical (unpaired) electrons. The van der Waals surface area contributed by atoms with Crippen LogP contribution in [-0.4, -0.2) is 31.5 Å². The van der Waals surface area contributed by atoms with Crippen LogP contribution in [0.4, 0.5) is 4.39 Å². The van der Waals surface area contributed by atoms with Crippen LogP contribution in [0, 0.1) is 5.82 Å². The van der Waals surface area contributed by atoms with Gasteiger partial charge in [0.25, 0.3) is 5.91 Å². The minimum Gasteiger partial charge on any atom is -0.496 e. The second kappa shape index (κ2) is 8.66. The highest BCUT2D eigenvalue weighted by atomic mass is 19.1. The Morgan fingerprint density at radius 1 is 1.11 bits per heavy atom. The minimum atomic E-state index is -0.520. The third-order valence-corrected chi connectivity index (χ3v) is 4.33. The van der Waals surface area contributed by atoms with E-state index >= 15 is 0 Å². The van der Waals surface area contributed by atoms with E-state index in [1.54, 1.807) is 37.4 Å².